The van der Waals surface area contributed by atoms with Gasteiger partial charge in [0.1, 0.15) is 0 Å². The maximum Gasteiger partial charge on any atom is 0.252 e. The molecule has 0 saturated carbocycles. The second kappa shape index (κ2) is 8.18. The Labute approximate surface area is 120 Å². The average Bonchev–Trinajstić information content (AvgIpc) is 2.34. The number of nitrogens with zero attached hydrogens (tertiary/aromatic N) is 1. The molecule has 1 rings (SSSR count). The maximum absolute atomic E-state index is 11.9. The predicted octanol–water partition coefficient (Wildman–Crippen LogP) is 3.11. The van der Waals surface area contributed by atoms with E-state index < -0.39 is 0 Å². The molecule has 0 atom stereocenters. The van der Waals surface area contributed by atoms with Crippen molar-refractivity contribution in [3.8, 4) is 0 Å². The molecule has 0 unspecified atom stereocenters. The van der Waals surface area contributed by atoms with E-state index in [0.29, 0.717) is 17.1 Å². The van der Waals surface area contributed by atoms with Crippen molar-refractivity contribution in [1.82, 2.24) is 10.2 Å². The number of hydrogen-bond donors (Lipinski definition) is 1. The normalized spacial score (nSPS) is 10.8. The summed E-state index contributed by atoms with van der Waals surface area (Å²) >= 11 is 6.06. The molecule has 1 aromatic carbocycles. The fraction of sp³-hybridized carbons (Fsp3) is 0.533. The lowest BCUT2D eigenvalue weighted by molar-refractivity contribution is 0.0952. The molecule has 3 nitrogen and oxygen atoms in total. The van der Waals surface area contributed by atoms with Crippen molar-refractivity contribution in [2.75, 3.05) is 26.7 Å². The molecule has 0 fully saturated rings. The smallest absolute Gasteiger partial charge is 0.252 e. The number of nitrogens with one attached hydrogen (secondary N) is 1. The Hall–Kier alpha value is -1.06. The maximum atomic E-state index is 11.9. The molecule has 0 saturated heterocycles. The Morgan fingerprint density at radius 1 is 1.37 bits per heavy atom. The number of carbonyl (C=O) groups excluding carboxylic acids is 1. The first-order chi connectivity index (χ1) is 9.04. The zero-order valence-electron chi connectivity index (χ0n) is 12.0. The second-order valence-electron chi connectivity index (χ2n) is 4.90. The van der Waals surface area contributed by atoms with Gasteiger partial charge in [-0.3, -0.25) is 4.79 Å². The van der Waals surface area contributed by atoms with E-state index in [4.69, 9.17) is 11.6 Å². The summed E-state index contributed by atoms with van der Waals surface area (Å²) in [5.41, 5.74) is 1.61. The van der Waals surface area contributed by atoms with Gasteiger partial charge in [-0.1, -0.05) is 24.6 Å². The monoisotopic (exact) mass is 282 g/mol. The fourth-order valence-electron chi connectivity index (χ4n) is 1.94. The van der Waals surface area contributed by atoms with Crippen LogP contribution in [0.5, 0.6) is 0 Å². The van der Waals surface area contributed by atoms with Gasteiger partial charge in [0.15, 0.2) is 0 Å². The molecule has 1 aromatic rings. The second-order valence-corrected chi connectivity index (χ2v) is 5.30. The van der Waals surface area contributed by atoms with Gasteiger partial charge in [-0.05, 0) is 57.6 Å². The van der Waals surface area contributed by atoms with Crippen LogP contribution in [0.15, 0.2) is 18.2 Å². The van der Waals surface area contributed by atoms with E-state index in [1.54, 1.807) is 6.07 Å². The molecule has 1 amide bonds. The summed E-state index contributed by atoms with van der Waals surface area (Å²) in [5.74, 6) is -0.0943. The van der Waals surface area contributed by atoms with Gasteiger partial charge in [-0.2, -0.15) is 0 Å². The molecule has 0 radical (unpaired) electrons. The van der Waals surface area contributed by atoms with Crippen molar-refractivity contribution in [2.24, 2.45) is 0 Å². The molecule has 19 heavy (non-hydrogen) atoms. The zero-order chi connectivity index (χ0) is 14.3. The number of amides is 1. The van der Waals surface area contributed by atoms with Crippen LogP contribution in [-0.4, -0.2) is 37.5 Å². The summed E-state index contributed by atoms with van der Waals surface area (Å²) in [7, 11) is 2.10. The van der Waals surface area contributed by atoms with Crippen LogP contribution in [0.1, 0.15) is 35.7 Å². The average molecular weight is 283 g/mol. The largest absolute Gasteiger partial charge is 0.352 e. The number of aryl methyl sites for hydroxylation is 1. The van der Waals surface area contributed by atoms with E-state index in [-0.39, 0.29) is 5.91 Å². The van der Waals surface area contributed by atoms with E-state index in [1.807, 2.05) is 19.1 Å². The van der Waals surface area contributed by atoms with Crippen LogP contribution >= 0.6 is 11.6 Å². The number of carbonyl (C=O) groups is 1. The van der Waals surface area contributed by atoms with Crippen molar-refractivity contribution < 1.29 is 4.79 Å². The first kappa shape index (κ1) is 16.0. The van der Waals surface area contributed by atoms with Gasteiger partial charge in [0.05, 0.1) is 10.6 Å². The minimum Gasteiger partial charge on any atom is -0.352 e. The molecule has 106 valence electrons. The van der Waals surface area contributed by atoms with Crippen LogP contribution < -0.4 is 5.32 Å². The summed E-state index contributed by atoms with van der Waals surface area (Å²) in [4.78, 5) is 14.2. The quantitative estimate of drug-likeness (QED) is 0.780. The summed E-state index contributed by atoms with van der Waals surface area (Å²) < 4.78 is 0. The van der Waals surface area contributed by atoms with Gasteiger partial charge in [-0.25, -0.2) is 0 Å². The summed E-state index contributed by atoms with van der Waals surface area (Å²) in [5, 5.41) is 3.42. The summed E-state index contributed by atoms with van der Waals surface area (Å²) in [6.07, 6.45) is 2.10. The van der Waals surface area contributed by atoms with Crippen molar-refractivity contribution in [3.63, 3.8) is 0 Å². The van der Waals surface area contributed by atoms with E-state index in [9.17, 15) is 4.79 Å². The van der Waals surface area contributed by atoms with E-state index in [1.165, 1.54) is 0 Å². The molecular formula is C15H23ClN2O. The molecule has 0 spiro atoms. The highest BCUT2D eigenvalue weighted by Gasteiger charge is 2.09. The lowest BCUT2D eigenvalue weighted by Crippen LogP contribution is -2.28. The molecule has 0 heterocycles. The minimum absolute atomic E-state index is 0.0943. The van der Waals surface area contributed by atoms with Crippen molar-refractivity contribution in [2.45, 2.75) is 26.7 Å². The summed E-state index contributed by atoms with van der Waals surface area (Å²) in [6, 6.07) is 5.48. The topological polar surface area (TPSA) is 32.3 Å². The van der Waals surface area contributed by atoms with Gasteiger partial charge >= 0.3 is 0 Å². The highest BCUT2D eigenvalue weighted by atomic mass is 35.5. The Morgan fingerprint density at radius 2 is 2.11 bits per heavy atom. The number of rotatable bonds is 7. The van der Waals surface area contributed by atoms with Gasteiger partial charge in [0.25, 0.3) is 5.91 Å². The highest BCUT2D eigenvalue weighted by Crippen LogP contribution is 2.17. The van der Waals surface area contributed by atoms with Crippen LogP contribution in [0.3, 0.4) is 0 Å². The van der Waals surface area contributed by atoms with Crippen molar-refractivity contribution >= 4 is 17.5 Å². The third kappa shape index (κ3) is 5.62. The predicted molar refractivity (Wildman–Crippen MR) is 80.9 cm³/mol. The van der Waals surface area contributed by atoms with E-state index in [2.05, 4.69) is 24.2 Å². The van der Waals surface area contributed by atoms with Crippen LogP contribution in [0.25, 0.3) is 0 Å². The summed E-state index contributed by atoms with van der Waals surface area (Å²) in [6.45, 7) is 6.89. The van der Waals surface area contributed by atoms with Gasteiger partial charge in [0.2, 0.25) is 0 Å². The van der Waals surface area contributed by atoms with Crippen LogP contribution in [-0.2, 0) is 0 Å². The van der Waals surface area contributed by atoms with Crippen LogP contribution in [0.4, 0.5) is 0 Å². The molecule has 1 N–H and O–H groups in total. The van der Waals surface area contributed by atoms with E-state index >= 15 is 0 Å². The Balaban J connectivity index is 2.35. The van der Waals surface area contributed by atoms with Crippen LogP contribution in [0, 0.1) is 6.92 Å². The number of halogens is 1. The molecule has 0 aromatic heterocycles. The Kier molecular flexibility index (Phi) is 6.89. The fourth-order valence-corrected chi connectivity index (χ4v) is 2.26. The molecule has 4 heteroatoms. The Morgan fingerprint density at radius 3 is 2.74 bits per heavy atom. The lowest BCUT2D eigenvalue weighted by Gasteiger charge is -2.15. The number of hydrogen-bond acceptors (Lipinski definition) is 2. The first-order valence-electron chi connectivity index (χ1n) is 6.77. The first-order valence-corrected chi connectivity index (χ1v) is 7.15. The molecule has 0 aliphatic heterocycles. The molecule has 0 aliphatic carbocycles. The standard InChI is InChI=1S/C15H23ClN2O/c1-4-9-18(3)10-5-8-17-15(19)13-7-6-12(2)11-14(13)16/h6-7,11H,4-5,8-10H2,1-3H3,(H,17,19). The van der Waals surface area contributed by atoms with Gasteiger partial charge in [-0.15, -0.1) is 0 Å². The third-order valence-electron chi connectivity index (χ3n) is 2.98. The minimum atomic E-state index is -0.0943. The van der Waals surface area contributed by atoms with Crippen LogP contribution in [0.2, 0.25) is 5.02 Å². The third-order valence-corrected chi connectivity index (χ3v) is 3.29. The van der Waals surface area contributed by atoms with Crippen molar-refractivity contribution in [1.29, 1.82) is 0 Å². The zero-order valence-corrected chi connectivity index (χ0v) is 12.8. The molecule has 0 bridgehead atoms. The molecule has 0 aliphatic rings. The van der Waals surface area contributed by atoms with Gasteiger partial charge in [0, 0.05) is 6.54 Å². The molecular weight excluding hydrogens is 260 g/mol. The Bertz CT molecular complexity index is 421. The van der Waals surface area contributed by atoms with E-state index in [0.717, 1.165) is 31.5 Å². The SMILES string of the molecule is CCCN(C)CCCNC(=O)c1ccc(C)cc1Cl. The highest BCUT2D eigenvalue weighted by molar-refractivity contribution is 6.33. The lowest BCUT2D eigenvalue weighted by atomic mass is 10.1. The van der Waals surface area contributed by atoms with Gasteiger partial charge < -0.3 is 10.2 Å². The van der Waals surface area contributed by atoms with Crippen molar-refractivity contribution in [3.05, 3.63) is 34.3 Å². The number of benzene rings is 1.